The smallest absolute Gasteiger partial charge is 0.295 e. The molecule has 12 nitrogen and oxygen atoms in total. The third-order valence-electron chi connectivity index (χ3n) is 12.0. The minimum absolute atomic E-state index is 0.0269. The lowest BCUT2D eigenvalue weighted by Crippen LogP contribution is -2.52. The van der Waals surface area contributed by atoms with Crippen molar-refractivity contribution < 1.29 is 42.1 Å². The number of likely N-dealkylation sites (tertiary alicyclic amines) is 1. The summed E-state index contributed by atoms with van der Waals surface area (Å²) in [5.41, 5.74) is 3.59. The van der Waals surface area contributed by atoms with Crippen LogP contribution in [-0.2, 0) is 28.5 Å². The average Bonchev–Trinajstić information content (AvgIpc) is 3.54. The Bertz CT molecular complexity index is 2250. The van der Waals surface area contributed by atoms with E-state index in [0.29, 0.717) is 46.1 Å². The third-order valence-corrected chi connectivity index (χ3v) is 12.0. The number of hydrogen-bond donors (Lipinski definition) is 3. The van der Waals surface area contributed by atoms with Gasteiger partial charge in [0.25, 0.3) is 11.8 Å². The maximum absolute atomic E-state index is 15.5. The van der Waals surface area contributed by atoms with E-state index in [0.717, 1.165) is 68.4 Å². The molecule has 2 atom stereocenters. The van der Waals surface area contributed by atoms with Crippen LogP contribution >= 0.6 is 0 Å². The van der Waals surface area contributed by atoms with E-state index in [-0.39, 0.29) is 48.2 Å². The Morgan fingerprint density at radius 3 is 2.51 bits per heavy atom. The van der Waals surface area contributed by atoms with Gasteiger partial charge in [0.05, 0.1) is 19.7 Å². The van der Waals surface area contributed by atoms with Crippen molar-refractivity contribution in [3.8, 4) is 11.5 Å². The fraction of sp³-hybridized carbons (Fsp3) is 0.477. The highest BCUT2D eigenvalue weighted by atomic mass is 19.3. The number of hydrogen-bond acceptors (Lipinski definition) is 10. The first-order valence-electron chi connectivity index (χ1n) is 20.3. The van der Waals surface area contributed by atoms with Crippen molar-refractivity contribution in [2.45, 2.75) is 95.7 Å². The number of aliphatic hydroxyl groups excluding tert-OH is 1. The van der Waals surface area contributed by atoms with Crippen molar-refractivity contribution in [3.63, 3.8) is 0 Å². The molecular formula is C44H51F3N6O6. The standard InChI is InChI=1S/C44H51F3N6O6/c1-25(28-9-8-10-30(19-28)44(46,47)24-54)48-41-34-22-37(58-3)40(59-4)31(39(34)49-26(2)50-41)11-6-5-7-16-52-17-14-27(15-18-52)32-20-29-23-53(43(57)33(29)21-35(32)45)36-12-13-38(55)51-42(36)56/h8-10,19-22,25,27,36,54H,5-7,11-18,23-24H2,1-4H3,(H,48,49,50)(H,51,55,56). The molecule has 59 heavy (non-hydrogen) atoms. The number of unbranched alkanes of at least 4 members (excludes halogenated alkanes) is 2. The molecule has 0 bridgehead atoms. The van der Waals surface area contributed by atoms with Crippen molar-refractivity contribution in [3.05, 3.63) is 87.5 Å². The lowest BCUT2D eigenvalue weighted by Gasteiger charge is -2.32. The molecule has 1 aromatic heterocycles. The number of imide groups is 1. The Labute approximate surface area is 341 Å². The van der Waals surface area contributed by atoms with Crippen molar-refractivity contribution in [2.24, 2.45) is 0 Å². The number of methoxy groups -OCH3 is 2. The molecule has 2 unspecified atom stereocenters. The van der Waals surface area contributed by atoms with E-state index in [1.165, 1.54) is 23.1 Å². The number of carbonyl (C=O) groups is 3. The number of alkyl halides is 2. The zero-order valence-corrected chi connectivity index (χ0v) is 33.9. The number of halogens is 3. The van der Waals surface area contributed by atoms with Gasteiger partial charge in [-0.25, -0.2) is 14.4 Å². The number of nitrogens with zero attached hydrogens (tertiary/aromatic N) is 4. The van der Waals surface area contributed by atoms with Crippen LogP contribution in [0.25, 0.3) is 10.9 Å². The van der Waals surface area contributed by atoms with Crippen LogP contribution in [0.1, 0.15) is 108 Å². The maximum Gasteiger partial charge on any atom is 0.295 e. The summed E-state index contributed by atoms with van der Waals surface area (Å²) in [4.78, 5) is 50.6. The highest BCUT2D eigenvalue weighted by Crippen LogP contribution is 2.41. The molecule has 3 N–H and O–H groups in total. The van der Waals surface area contributed by atoms with Crippen LogP contribution < -0.4 is 20.1 Å². The Morgan fingerprint density at radius 1 is 1.02 bits per heavy atom. The number of ether oxygens (including phenoxy) is 2. The summed E-state index contributed by atoms with van der Waals surface area (Å²) in [6.07, 6.45) is 5.45. The number of aliphatic hydroxyl groups is 1. The molecule has 3 aliphatic heterocycles. The number of carbonyl (C=O) groups excluding carboxylic acids is 3. The normalized spacial score (nSPS) is 18.3. The van der Waals surface area contributed by atoms with E-state index in [1.54, 1.807) is 39.3 Å². The summed E-state index contributed by atoms with van der Waals surface area (Å²) in [6, 6.07) is 9.81. The number of rotatable bonds is 15. The number of anilines is 1. The van der Waals surface area contributed by atoms with Crippen LogP contribution in [0.5, 0.6) is 11.5 Å². The zero-order chi connectivity index (χ0) is 42.0. The van der Waals surface area contributed by atoms with Crippen LogP contribution in [0.3, 0.4) is 0 Å². The van der Waals surface area contributed by atoms with Gasteiger partial charge in [0, 0.05) is 41.1 Å². The number of piperidine rings is 2. The maximum atomic E-state index is 15.5. The molecule has 3 aliphatic rings. The van der Waals surface area contributed by atoms with Crippen molar-refractivity contribution >= 4 is 34.4 Å². The van der Waals surface area contributed by atoms with Crippen molar-refractivity contribution in [1.82, 2.24) is 25.1 Å². The summed E-state index contributed by atoms with van der Waals surface area (Å²) in [5.74, 6) is -2.73. The van der Waals surface area contributed by atoms with E-state index < -0.39 is 36.3 Å². The first-order valence-corrected chi connectivity index (χ1v) is 20.3. The average molecular weight is 817 g/mol. The minimum atomic E-state index is -3.36. The van der Waals surface area contributed by atoms with E-state index in [9.17, 15) is 28.3 Å². The fourth-order valence-corrected chi connectivity index (χ4v) is 8.74. The Hall–Kier alpha value is -5.28. The van der Waals surface area contributed by atoms with Gasteiger partial charge in [-0.05, 0) is 113 Å². The number of fused-ring (bicyclic) bond motifs is 2. The van der Waals surface area contributed by atoms with Crippen LogP contribution in [0.15, 0.2) is 42.5 Å². The SMILES string of the molecule is COc1cc2c(NC(C)c3cccc(C(F)(F)CO)c3)nc(C)nc2c(CCCCCN2CCC(c3cc4c(cc3F)C(=O)N(C3CCC(=O)NC3=O)C4)CC2)c1OC. The predicted octanol–water partition coefficient (Wildman–Crippen LogP) is 6.71. The summed E-state index contributed by atoms with van der Waals surface area (Å²) in [5, 5.41) is 15.6. The van der Waals surface area contributed by atoms with Gasteiger partial charge in [0.1, 0.15) is 30.1 Å². The van der Waals surface area contributed by atoms with Crippen molar-refractivity contribution in [1.29, 1.82) is 0 Å². The van der Waals surface area contributed by atoms with E-state index in [4.69, 9.17) is 14.5 Å². The van der Waals surface area contributed by atoms with Gasteiger partial charge in [0.2, 0.25) is 11.8 Å². The summed E-state index contributed by atoms with van der Waals surface area (Å²) < 4.78 is 55.7. The van der Waals surface area contributed by atoms with Gasteiger partial charge in [-0.1, -0.05) is 30.7 Å². The number of benzene rings is 3. The van der Waals surface area contributed by atoms with Crippen LogP contribution in [0.4, 0.5) is 19.0 Å². The molecule has 314 valence electrons. The molecule has 0 saturated carbocycles. The summed E-state index contributed by atoms with van der Waals surface area (Å²) >= 11 is 0. The van der Waals surface area contributed by atoms with Gasteiger partial charge in [-0.2, -0.15) is 8.78 Å². The summed E-state index contributed by atoms with van der Waals surface area (Å²) in [6.45, 7) is 5.17. The number of aromatic nitrogens is 2. The second-order valence-corrected chi connectivity index (χ2v) is 15.8. The van der Waals surface area contributed by atoms with Gasteiger partial charge >= 0.3 is 0 Å². The lowest BCUT2D eigenvalue weighted by molar-refractivity contribution is -0.136. The van der Waals surface area contributed by atoms with E-state index in [2.05, 4.69) is 20.5 Å². The Kier molecular flexibility index (Phi) is 12.4. The molecule has 4 aromatic rings. The molecule has 2 fully saturated rings. The first kappa shape index (κ1) is 41.9. The fourth-order valence-electron chi connectivity index (χ4n) is 8.74. The highest BCUT2D eigenvalue weighted by molar-refractivity contribution is 6.05. The molecule has 0 spiro atoms. The second kappa shape index (κ2) is 17.5. The molecule has 0 aliphatic carbocycles. The van der Waals surface area contributed by atoms with Crippen molar-refractivity contribution in [2.75, 3.05) is 45.8 Å². The molecule has 0 radical (unpaired) electrons. The molecule has 7 rings (SSSR count). The quantitative estimate of drug-likeness (QED) is 0.0875. The highest BCUT2D eigenvalue weighted by Gasteiger charge is 2.40. The first-order chi connectivity index (χ1) is 28.3. The predicted molar refractivity (Wildman–Crippen MR) is 215 cm³/mol. The van der Waals surface area contributed by atoms with E-state index >= 15 is 4.39 Å². The van der Waals surface area contributed by atoms with Gasteiger partial charge in [-0.3, -0.25) is 19.7 Å². The zero-order valence-electron chi connectivity index (χ0n) is 33.9. The van der Waals surface area contributed by atoms with E-state index in [1.807, 2.05) is 13.0 Å². The second-order valence-electron chi connectivity index (χ2n) is 15.8. The molecule has 3 amide bonds. The van der Waals surface area contributed by atoms with Gasteiger partial charge in [0.15, 0.2) is 11.5 Å². The molecular weight excluding hydrogens is 766 g/mol. The lowest BCUT2D eigenvalue weighted by atomic mass is 9.87. The Balaban J connectivity index is 0.959. The van der Waals surface area contributed by atoms with Gasteiger partial charge in [-0.15, -0.1) is 0 Å². The van der Waals surface area contributed by atoms with Crippen LogP contribution in [0.2, 0.25) is 0 Å². The molecule has 2 saturated heterocycles. The Morgan fingerprint density at radius 2 is 1.80 bits per heavy atom. The molecule has 15 heteroatoms. The topological polar surface area (TPSA) is 146 Å². The van der Waals surface area contributed by atoms with Crippen LogP contribution in [-0.4, -0.2) is 89.1 Å². The number of nitrogens with one attached hydrogen (secondary N) is 2. The minimum Gasteiger partial charge on any atom is -0.493 e. The third kappa shape index (κ3) is 8.72. The summed E-state index contributed by atoms with van der Waals surface area (Å²) in [7, 11) is 3.18. The molecule has 3 aromatic carbocycles. The monoisotopic (exact) mass is 816 g/mol. The van der Waals surface area contributed by atoms with Crippen LogP contribution in [0, 0.1) is 12.7 Å². The molecule has 4 heterocycles. The number of aryl methyl sites for hydroxylation is 2. The largest absolute Gasteiger partial charge is 0.493 e. The van der Waals surface area contributed by atoms with Gasteiger partial charge < -0.3 is 29.7 Å². The number of amides is 3.